The van der Waals surface area contributed by atoms with E-state index in [1.807, 2.05) is 17.4 Å². The number of benzene rings is 2. The lowest BCUT2D eigenvalue weighted by atomic mass is 10.1. The van der Waals surface area contributed by atoms with Gasteiger partial charge in [-0.2, -0.15) is 0 Å². The lowest BCUT2D eigenvalue weighted by Crippen LogP contribution is -2.30. The molecule has 2 aromatic carbocycles. The molecule has 1 saturated heterocycles. The summed E-state index contributed by atoms with van der Waals surface area (Å²) in [4.78, 5) is 35.5. The van der Waals surface area contributed by atoms with Gasteiger partial charge in [0.1, 0.15) is 0 Å². The van der Waals surface area contributed by atoms with Crippen LogP contribution in [0.15, 0.2) is 40.9 Å². The molecule has 4 amide bonds. The molecule has 0 atom stereocenters. The average Bonchev–Trinajstić information content (AvgIpc) is 2.65. The Kier molecular flexibility index (Phi) is 2.60. The summed E-state index contributed by atoms with van der Waals surface area (Å²) < 4.78 is 0.852. The molecule has 2 aromatic rings. The van der Waals surface area contributed by atoms with Gasteiger partial charge in [0.2, 0.25) is 0 Å². The maximum Gasteiger partial charge on any atom is 0.336 e. The van der Waals surface area contributed by atoms with E-state index in [2.05, 4.69) is 15.9 Å². The summed E-state index contributed by atoms with van der Waals surface area (Å²) in [6, 6.07) is 9.96. The van der Waals surface area contributed by atoms with Crippen molar-refractivity contribution in [1.29, 1.82) is 0 Å². The monoisotopic (exact) mass is 318 g/mol. The highest BCUT2D eigenvalue weighted by molar-refractivity contribution is 9.10. The van der Waals surface area contributed by atoms with Gasteiger partial charge in [0.25, 0.3) is 0 Å². The van der Waals surface area contributed by atoms with Crippen LogP contribution < -0.4 is 10.2 Å². The van der Waals surface area contributed by atoms with Crippen LogP contribution in [0.4, 0.5) is 10.5 Å². The molecule has 1 N–H and O–H groups in total. The zero-order chi connectivity index (χ0) is 13.6. The van der Waals surface area contributed by atoms with E-state index >= 15 is 0 Å². The van der Waals surface area contributed by atoms with E-state index in [-0.39, 0.29) is 0 Å². The summed E-state index contributed by atoms with van der Waals surface area (Å²) >= 11 is 3.41. The Morgan fingerprint density at radius 1 is 0.947 bits per heavy atom. The zero-order valence-electron chi connectivity index (χ0n) is 9.51. The van der Waals surface area contributed by atoms with Gasteiger partial charge in [0.15, 0.2) is 0 Å². The summed E-state index contributed by atoms with van der Waals surface area (Å²) in [7, 11) is 0. The predicted octanol–water partition coefficient (Wildman–Crippen LogP) is 2.19. The first kappa shape index (κ1) is 11.9. The van der Waals surface area contributed by atoms with Crippen molar-refractivity contribution in [3.63, 3.8) is 0 Å². The minimum absolute atomic E-state index is 0.396. The van der Waals surface area contributed by atoms with Crippen LogP contribution in [0.2, 0.25) is 0 Å². The molecule has 0 saturated carbocycles. The number of urea groups is 1. The number of halogens is 1. The van der Waals surface area contributed by atoms with Crippen molar-refractivity contribution in [3.8, 4) is 0 Å². The van der Waals surface area contributed by atoms with E-state index in [9.17, 15) is 14.4 Å². The molecule has 6 heteroatoms. The Balaban J connectivity index is 2.27. The number of fused-ring (bicyclic) bond motifs is 1. The second-order valence-corrected chi connectivity index (χ2v) is 4.87. The molecule has 1 aliphatic rings. The van der Waals surface area contributed by atoms with Crippen LogP contribution in [-0.2, 0) is 9.59 Å². The smallest absolute Gasteiger partial charge is 0.269 e. The average molecular weight is 319 g/mol. The van der Waals surface area contributed by atoms with Gasteiger partial charge in [-0.05, 0) is 17.5 Å². The molecule has 3 rings (SSSR count). The van der Waals surface area contributed by atoms with Gasteiger partial charge in [-0.25, -0.2) is 9.69 Å². The molecule has 0 spiro atoms. The number of nitrogens with one attached hydrogen (secondary N) is 1. The highest BCUT2D eigenvalue weighted by atomic mass is 79.9. The van der Waals surface area contributed by atoms with Crippen LogP contribution in [0.3, 0.4) is 0 Å². The van der Waals surface area contributed by atoms with Gasteiger partial charge in [0, 0.05) is 9.86 Å². The number of imide groups is 2. The Morgan fingerprint density at radius 2 is 1.63 bits per heavy atom. The minimum atomic E-state index is -0.906. The molecular weight excluding hydrogens is 312 g/mol. The van der Waals surface area contributed by atoms with Crippen molar-refractivity contribution in [1.82, 2.24) is 5.32 Å². The summed E-state index contributed by atoms with van der Waals surface area (Å²) in [5.74, 6) is -1.77. The lowest BCUT2D eigenvalue weighted by Gasteiger charge is -2.15. The van der Waals surface area contributed by atoms with E-state index in [4.69, 9.17) is 0 Å². The topological polar surface area (TPSA) is 66.5 Å². The Morgan fingerprint density at radius 3 is 2.26 bits per heavy atom. The first-order chi connectivity index (χ1) is 9.09. The summed E-state index contributed by atoms with van der Waals surface area (Å²) in [5, 5.41) is 3.56. The van der Waals surface area contributed by atoms with Crippen LogP contribution in [0.1, 0.15) is 0 Å². The molecule has 1 heterocycles. The molecule has 0 aliphatic carbocycles. The quantitative estimate of drug-likeness (QED) is 0.647. The van der Waals surface area contributed by atoms with Gasteiger partial charge in [0.05, 0.1) is 5.69 Å². The Labute approximate surface area is 116 Å². The number of nitrogens with zero attached hydrogens (tertiary/aromatic N) is 1. The van der Waals surface area contributed by atoms with E-state index in [1.165, 1.54) is 0 Å². The second kappa shape index (κ2) is 4.17. The number of hydrogen-bond donors (Lipinski definition) is 1. The highest BCUT2D eigenvalue weighted by Gasteiger charge is 2.38. The first-order valence-electron chi connectivity index (χ1n) is 5.46. The molecule has 0 radical (unpaired) electrons. The van der Waals surface area contributed by atoms with Gasteiger partial charge in [-0.3, -0.25) is 14.9 Å². The third kappa shape index (κ3) is 1.72. The molecule has 1 fully saturated rings. The molecule has 0 unspecified atom stereocenters. The largest absolute Gasteiger partial charge is 0.336 e. The first-order valence-corrected chi connectivity index (χ1v) is 6.25. The van der Waals surface area contributed by atoms with Crippen molar-refractivity contribution in [2.24, 2.45) is 0 Å². The molecule has 0 bridgehead atoms. The van der Waals surface area contributed by atoms with Crippen LogP contribution in [0.25, 0.3) is 10.8 Å². The van der Waals surface area contributed by atoms with Crippen LogP contribution in [-0.4, -0.2) is 17.8 Å². The Bertz CT molecular complexity index is 742. The highest BCUT2D eigenvalue weighted by Crippen LogP contribution is 2.33. The van der Waals surface area contributed by atoms with E-state index in [1.54, 1.807) is 24.3 Å². The third-order valence-corrected chi connectivity index (χ3v) is 3.60. The molecule has 0 aromatic heterocycles. The number of anilines is 1. The van der Waals surface area contributed by atoms with Gasteiger partial charge >= 0.3 is 17.8 Å². The number of hydrogen-bond acceptors (Lipinski definition) is 3. The van der Waals surface area contributed by atoms with Crippen molar-refractivity contribution in [2.45, 2.75) is 0 Å². The normalized spacial score (nSPS) is 15.2. The zero-order valence-corrected chi connectivity index (χ0v) is 11.1. The minimum Gasteiger partial charge on any atom is -0.269 e. The van der Waals surface area contributed by atoms with Gasteiger partial charge in [-0.15, -0.1) is 0 Å². The molecule has 1 aliphatic heterocycles. The fourth-order valence-corrected chi connectivity index (χ4v) is 2.54. The van der Waals surface area contributed by atoms with Crippen molar-refractivity contribution >= 4 is 50.2 Å². The van der Waals surface area contributed by atoms with E-state index in [0.29, 0.717) is 5.69 Å². The summed E-state index contributed by atoms with van der Waals surface area (Å²) in [5.41, 5.74) is 0.396. The predicted molar refractivity (Wildman–Crippen MR) is 72.7 cm³/mol. The molecule has 19 heavy (non-hydrogen) atoms. The fourth-order valence-electron chi connectivity index (χ4n) is 2.06. The van der Waals surface area contributed by atoms with E-state index in [0.717, 1.165) is 20.1 Å². The number of rotatable bonds is 1. The molecule has 5 nitrogen and oxygen atoms in total. The lowest BCUT2D eigenvalue weighted by molar-refractivity contribution is -0.134. The van der Waals surface area contributed by atoms with Crippen molar-refractivity contribution < 1.29 is 14.4 Å². The van der Waals surface area contributed by atoms with Crippen LogP contribution >= 0.6 is 15.9 Å². The van der Waals surface area contributed by atoms with Gasteiger partial charge < -0.3 is 0 Å². The van der Waals surface area contributed by atoms with E-state index < -0.39 is 17.8 Å². The van der Waals surface area contributed by atoms with Crippen LogP contribution in [0.5, 0.6) is 0 Å². The maximum absolute atomic E-state index is 11.7. The van der Waals surface area contributed by atoms with Gasteiger partial charge in [-0.1, -0.05) is 40.2 Å². The number of carbonyl (C=O) groups excluding carboxylic acids is 3. The standard InChI is InChI=1S/C13H7BrN2O3/c14-9-5-6-10(8-4-2-1-3-7(8)9)16-12(18)11(17)15-13(16)19/h1-6H,(H,15,17,19). The maximum atomic E-state index is 11.7. The number of carbonyl (C=O) groups is 3. The summed E-state index contributed by atoms with van der Waals surface area (Å²) in [6.45, 7) is 0. The van der Waals surface area contributed by atoms with Crippen molar-refractivity contribution in [2.75, 3.05) is 4.90 Å². The molecular formula is C13H7BrN2O3. The van der Waals surface area contributed by atoms with Crippen molar-refractivity contribution in [3.05, 3.63) is 40.9 Å². The number of amides is 4. The Hall–Kier alpha value is -2.21. The third-order valence-electron chi connectivity index (χ3n) is 2.91. The fraction of sp³-hybridized carbons (Fsp3) is 0. The molecule has 94 valence electrons. The van der Waals surface area contributed by atoms with Crippen LogP contribution in [0, 0.1) is 0 Å². The summed E-state index contributed by atoms with van der Waals surface area (Å²) in [6.07, 6.45) is 0. The SMILES string of the molecule is O=C1NC(=O)N(c2ccc(Br)c3ccccc23)C1=O. The second-order valence-electron chi connectivity index (χ2n) is 4.01.